The molecular weight excluding hydrogens is 276 g/mol. The lowest BCUT2D eigenvalue weighted by Crippen LogP contribution is -2.39. The van der Waals surface area contributed by atoms with Crippen LogP contribution in [0.3, 0.4) is 0 Å². The zero-order valence-electron chi connectivity index (χ0n) is 13.0. The highest BCUT2D eigenvalue weighted by Crippen LogP contribution is 2.11. The van der Waals surface area contributed by atoms with Crippen LogP contribution in [-0.2, 0) is 10.0 Å². The number of hydrogen-bond acceptors (Lipinski definition) is 5. The molecule has 1 aliphatic heterocycles. The van der Waals surface area contributed by atoms with Crippen LogP contribution < -0.4 is 10.0 Å². The number of nitrogens with zero attached hydrogens (tertiary/aromatic N) is 2. The lowest BCUT2D eigenvalue weighted by molar-refractivity contribution is 0.398. The first-order chi connectivity index (χ1) is 9.26. The summed E-state index contributed by atoms with van der Waals surface area (Å²) < 4.78 is 25.5. The topological polar surface area (TPSA) is 73.8 Å². The predicted molar refractivity (Wildman–Crippen MR) is 83.1 cm³/mol. The molecule has 0 radical (unpaired) electrons. The molecule has 1 rings (SSSR count). The Morgan fingerprint density at radius 1 is 1.45 bits per heavy atom. The van der Waals surface area contributed by atoms with E-state index in [1.54, 1.807) is 6.92 Å². The third-order valence-corrected chi connectivity index (χ3v) is 4.82. The van der Waals surface area contributed by atoms with Crippen molar-refractivity contribution < 1.29 is 8.42 Å². The first-order valence-electron chi connectivity index (χ1n) is 6.91. The third kappa shape index (κ3) is 4.79. The lowest BCUT2D eigenvalue weighted by atomic mass is 10.1. The molecule has 2 N–H and O–H groups in total. The Morgan fingerprint density at radius 3 is 2.70 bits per heavy atom. The van der Waals surface area contributed by atoms with Crippen LogP contribution >= 0.6 is 0 Å². The number of rotatable bonds is 6. The SMILES string of the molecule is CCS(=O)(=O)NCC(C)CN(C)C1=NCNC(C)=C1C. The summed E-state index contributed by atoms with van der Waals surface area (Å²) in [5.74, 6) is 1.31. The van der Waals surface area contributed by atoms with Crippen LogP contribution in [0.2, 0.25) is 0 Å². The van der Waals surface area contributed by atoms with Gasteiger partial charge in [0.1, 0.15) is 12.5 Å². The quantitative estimate of drug-likeness (QED) is 0.759. The standard InChI is InChI=1S/C13H26N4O2S/c1-6-20(18,19)16-7-10(2)8-17(5)13-11(3)12(4)14-9-15-13/h10,14,16H,6-9H2,1-5H3. The Bertz CT molecular complexity index is 497. The second-order valence-corrected chi connectivity index (χ2v) is 7.40. The van der Waals surface area contributed by atoms with Crippen molar-refractivity contribution in [2.45, 2.75) is 27.7 Å². The van der Waals surface area contributed by atoms with Crippen molar-refractivity contribution in [2.24, 2.45) is 10.9 Å². The number of likely N-dealkylation sites (N-methyl/N-ethyl adjacent to an activating group) is 1. The molecule has 6 nitrogen and oxygen atoms in total. The third-order valence-electron chi connectivity index (χ3n) is 3.45. The summed E-state index contributed by atoms with van der Waals surface area (Å²) in [6.07, 6.45) is 0. The van der Waals surface area contributed by atoms with Crippen molar-refractivity contribution in [2.75, 3.05) is 32.6 Å². The highest BCUT2D eigenvalue weighted by Gasteiger charge is 2.17. The largest absolute Gasteiger partial charge is 0.369 e. The van der Waals surface area contributed by atoms with Crippen molar-refractivity contribution in [1.82, 2.24) is 14.9 Å². The minimum Gasteiger partial charge on any atom is -0.369 e. The van der Waals surface area contributed by atoms with Crippen LogP contribution in [0.4, 0.5) is 0 Å². The zero-order chi connectivity index (χ0) is 15.3. The van der Waals surface area contributed by atoms with Gasteiger partial charge >= 0.3 is 0 Å². The van der Waals surface area contributed by atoms with Gasteiger partial charge in [0, 0.05) is 31.4 Å². The minimum absolute atomic E-state index is 0.120. The second-order valence-electron chi connectivity index (χ2n) is 5.30. The summed E-state index contributed by atoms with van der Waals surface area (Å²) >= 11 is 0. The maximum absolute atomic E-state index is 11.4. The van der Waals surface area contributed by atoms with Crippen LogP contribution in [0.5, 0.6) is 0 Å². The van der Waals surface area contributed by atoms with E-state index in [2.05, 4.69) is 19.9 Å². The average Bonchev–Trinajstić information content (AvgIpc) is 2.39. The Balaban J connectivity index is 2.54. The summed E-state index contributed by atoms with van der Waals surface area (Å²) in [6, 6.07) is 0. The van der Waals surface area contributed by atoms with Gasteiger partial charge in [-0.15, -0.1) is 0 Å². The van der Waals surface area contributed by atoms with Crippen molar-refractivity contribution in [3.63, 3.8) is 0 Å². The average molecular weight is 302 g/mol. The van der Waals surface area contributed by atoms with E-state index >= 15 is 0 Å². The maximum atomic E-state index is 11.4. The van der Waals surface area contributed by atoms with E-state index in [1.807, 2.05) is 27.8 Å². The fourth-order valence-corrected chi connectivity index (χ4v) is 2.79. The Hall–Kier alpha value is -1.08. The van der Waals surface area contributed by atoms with Gasteiger partial charge in [0.2, 0.25) is 10.0 Å². The molecule has 0 spiro atoms. The smallest absolute Gasteiger partial charge is 0.211 e. The van der Waals surface area contributed by atoms with Crippen LogP contribution in [-0.4, -0.2) is 51.7 Å². The molecule has 1 heterocycles. The molecule has 1 aliphatic rings. The summed E-state index contributed by atoms with van der Waals surface area (Å²) in [5, 5.41) is 3.20. The lowest BCUT2D eigenvalue weighted by Gasteiger charge is -2.28. The molecule has 1 atom stereocenters. The number of allylic oxidation sites excluding steroid dienone is 1. The number of sulfonamides is 1. The number of nitrogens with one attached hydrogen (secondary N) is 2. The van der Waals surface area contributed by atoms with Crippen LogP contribution in [0.25, 0.3) is 0 Å². The van der Waals surface area contributed by atoms with E-state index in [1.165, 1.54) is 0 Å². The molecule has 0 fully saturated rings. The van der Waals surface area contributed by atoms with Gasteiger partial charge in [-0.3, -0.25) is 0 Å². The van der Waals surface area contributed by atoms with Crippen LogP contribution in [0.1, 0.15) is 27.7 Å². The van der Waals surface area contributed by atoms with Gasteiger partial charge in [-0.2, -0.15) is 0 Å². The van der Waals surface area contributed by atoms with Crippen LogP contribution in [0, 0.1) is 5.92 Å². The Kier molecular flexibility index (Phi) is 6.01. The minimum atomic E-state index is -3.11. The van der Waals surface area contributed by atoms with Gasteiger partial charge < -0.3 is 10.2 Å². The van der Waals surface area contributed by atoms with Crippen molar-refractivity contribution in [1.29, 1.82) is 0 Å². The highest BCUT2D eigenvalue weighted by atomic mass is 32.2. The number of hydrogen-bond donors (Lipinski definition) is 2. The van der Waals surface area contributed by atoms with Gasteiger partial charge in [-0.05, 0) is 26.7 Å². The first kappa shape index (κ1) is 17.0. The van der Waals surface area contributed by atoms with Gasteiger partial charge in [0.05, 0.1) is 5.75 Å². The summed E-state index contributed by atoms with van der Waals surface area (Å²) in [6.45, 7) is 9.56. The summed E-state index contributed by atoms with van der Waals surface area (Å²) in [4.78, 5) is 6.56. The summed E-state index contributed by atoms with van der Waals surface area (Å²) in [5.41, 5.74) is 2.28. The van der Waals surface area contributed by atoms with Gasteiger partial charge in [0.15, 0.2) is 0 Å². The van der Waals surface area contributed by atoms with Crippen LogP contribution in [0.15, 0.2) is 16.3 Å². The normalized spacial score (nSPS) is 17.6. The molecule has 1 unspecified atom stereocenters. The zero-order valence-corrected chi connectivity index (χ0v) is 13.8. The fraction of sp³-hybridized carbons (Fsp3) is 0.769. The second kappa shape index (κ2) is 7.08. The molecule has 0 saturated heterocycles. The molecule has 116 valence electrons. The first-order valence-corrected chi connectivity index (χ1v) is 8.56. The van der Waals surface area contributed by atoms with E-state index in [0.717, 1.165) is 23.7 Å². The Morgan fingerprint density at radius 2 is 2.10 bits per heavy atom. The molecule has 0 aromatic rings. The van der Waals surface area contributed by atoms with Crippen molar-refractivity contribution in [3.05, 3.63) is 11.3 Å². The molecule has 0 aromatic heterocycles. The number of amidine groups is 1. The fourth-order valence-electron chi connectivity index (χ4n) is 2.05. The van der Waals surface area contributed by atoms with Crippen molar-refractivity contribution >= 4 is 15.9 Å². The number of aliphatic imine (C=N–C) groups is 1. The van der Waals surface area contributed by atoms with E-state index in [4.69, 9.17) is 0 Å². The molecule has 0 aliphatic carbocycles. The molecule has 0 bridgehead atoms. The monoisotopic (exact) mass is 302 g/mol. The van der Waals surface area contributed by atoms with Crippen molar-refractivity contribution in [3.8, 4) is 0 Å². The molecule has 20 heavy (non-hydrogen) atoms. The van der Waals surface area contributed by atoms with E-state index < -0.39 is 10.0 Å². The summed E-state index contributed by atoms with van der Waals surface area (Å²) in [7, 11) is -1.12. The van der Waals surface area contributed by atoms with Gasteiger partial charge in [-0.25, -0.2) is 18.1 Å². The van der Waals surface area contributed by atoms with E-state index in [9.17, 15) is 8.42 Å². The molecule has 0 aromatic carbocycles. The molecule has 0 amide bonds. The molecular formula is C13H26N4O2S. The Labute approximate surface area is 122 Å². The predicted octanol–water partition coefficient (Wildman–Crippen LogP) is 0.747. The molecule has 0 saturated carbocycles. The van der Waals surface area contributed by atoms with Gasteiger partial charge in [-0.1, -0.05) is 6.92 Å². The molecule has 7 heteroatoms. The van der Waals surface area contributed by atoms with E-state index in [0.29, 0.717) is 13.2 Å². The maximum Gasteiger partial charge on any atom is 0.211 e. The highest BCUT2D eigenvalue weighted by molar-refractivity contribution is 7.89. The van der Waals surface area contributed by atoms with E-state index in [-0.39, 0.29) is 11.7 Å². The van der Waals surface area contributed by atoms with Gasteiger partial charge in [0.25, 0.3) is 0 Å².